The summed E-state index contributed by atoms with van der Waals surface area (Å²) in [7, 11) is 2.98. The molecule has 0 atom stereocenters. The number of hydrogen-bond donors (Lipinski definition) is 1. The van der Waals surface area contributed by atoms with Gasteiger partial charge in [-0.1, -0.05) is 12.1 Å². The fraction of sp³-hybridized carbons (Fsp3) is 0.500. The lowest BCUT2D eigenvalue weighted by Gasteiger charge is -2.33. The Morgan fingerprint density at radius 2 is 1.87 bits per heavy atom. The van der Waals surface area contributed by atoms with E-state index < -0.39 is 6.09 Å². The maximum atomic E-state index is 11.4. The lowest BCUT2D eigenvalue weighted by Crippen LogP contribution is -2.47. The zero-order valence-corrected chi connectivity index (χ0v) is 13.4. The van der Waals surface area contributed by atoms with E-state index in [2.05, 4.69) is 4.90 Å². The molecule has 7 heteroatoms. The van der Waals surface area contributed by atoms with Gasteiger partial charge in [-0.2, -0.15) is 0 Å². The first-order valence-electron chi connectivity index (χ1n) is 7.46. The van der Waals surface area contributed by atoms with Crippen LogP contribution in [0.2, 0.25) is 0 Å². The monoisotopic (exact) mass is 322 g/mol. The van der Waals surface area contributed by atoms with Gasteiger partial charge >= 0.3 is 12.1 Å². The average Bonchev–Trinajstić information content (AvgIpc) is 2.55. The van der Waals surface area contributed by atoms with Gasteiger partial charge in [0.2, 0.25) is 0 Å². The molecule has 1 aliphatic heterocycles. The molecule has 1 heterocycles. The van der Waals surface area contributed by atoms with Crippen LogP contribution in [-0.2, 0) is 22.5 Å². The van der Waals surface area contributed by atoms with E-state index in [1.807, 2.05) is 18.2 Å². The maximum Gasteiger partial charge on any atom is 0.407 e. The molecule has 0 aromatic heterocycles. The number of hydrogen-bond acceptors (Lipinski definition) is 5. The largest absolute Gasteiger partial charge is 0.496 e. The summed E-state index contributed by atoms with van der Waals surface area (Å²) in [4.78, 5) is 25.9. The first-order valence-corrected chi connectivity index (χ1v) is 7.46. The number of piperazine rings is 1. The highest BCUT2D eigenvalue weighted by Gasteiger charge is 2.21. The molecule has 0 aliphatic carbocycles. The summed E-state index contributed by atoms with van der Waals surface area (Å²) in [6.45, 7) is 3.01. The highest BCUT2D eigenvalue weighted by Crippen LogP contribution is 2.22. The van der Waals surface area contributed by atoms with Crippen molar-refractivity contribution in [2.75, 3.05) is 40.4 Å². The van der Waals surface area contributed by atoms with Crippen LogP contribution in [-0.4, -0.2) is 67.4 Å². The maximum absolute atomic E-state index is 11.4. The number of amides is 1. The Labute approximate surface area is 135 Å². The summed E-state index contributed by atoms with van der Waals surface area (Å²) < 4.78 is 10.1. The second-order valence-corrected chi connectivity index (χ2v) is 5.44. The van der Waals surface area contributed by atoms with E-state index in [4.69, 9.17) is 14.6 Å². The zero-order valence-electron chi connectivity index (χ0n) is 13.4. The number of nitrogens with zero attached hydrogens (tertiary/aromatic N) is 2. The molecule has 7 nitrogen and oxygen atoms in total. The summed E-state index contributed by atoms with van der Waals surface area (Å²) in [5, 5.41) is 8.98. The summed E-state index contributed by atoms with van der Waals surface area (Å²) >= 11 is 0. The van der Waals surface area contributed by atoms with Crippen LogP contribution >= 0.6 is 0 Å². The summed E-state index contributed by atoms with van der Waals surface area (Å²) in [5.41, 5.74) is 1.86. The van der Waals surface area contributed by atoms with Crippen LogP contribution in [0.5, 0.6) is 5.75 Å². The number of carbonyl (C=O) groups is 2. The van der Waals surface area contributed by atoms with Gasteiger partial charge in [0.25, 0.3) is 0 Å². The Morgan fingerprint density at radius 1 is 1.17 bits per heavy atom. The van der Waals surface area contributed by atoms with Crippen molar-refractivity contribution in [3.8, 4) is 5.75 Å². The van der Waals surface area contributed by atoms with Crippen molar-refractivity contribution in [1.29, 1.82) is 0 Å². The van der Waals surface area contributed by atoms with Crippen molar-refractivity contribution in [3.63, 3.8) is 0 Å². The summed E-state index contributed by atoms with van der Waals surface area (Å²) in [6, 6.07) is 5.64. The van der Waals surface area contributed by atoms with Gasteiger partial charge in [-0.25, -0.2) is 4.79 Å². The first kappa shape index (κ1) is 17.1. The predicted molar refractivity (Wildman–Crippen MR) is 83.6 cm³/mol. The van der Waals surface area contributed by atoms with Crippen molar-refractivity contribution in [1.82, 2.24) is 9.80 Å². The van der Waals surface area contributed by atoms with E-state index in [0.717, 1.165) is 16.9 Å². The standard InChI is InChI=1S/C16H22N2O5/c1-22-14-4-3-12(10-15(19)23-2)9-13(14)11-17-5-7-18(8-6-17)16(20)21/h3-4,9H,5-8,10-11H2,1-2H3,(H,20,21). The van der Waals surface area contributed by atoms with Crippen molar-refractivity contribution >= 4 is 12.1 Å². The van der Waals surface area contributed by atoms with Gasteiger partial charge in [-0.3, -0.25) is 9.69 Å². The number of benzene rings is 1. The van der Waals surface area contributed by atoms with Gasteiger partial charge < -0.3 is 19.5 Å². The molecule has 0 unspecified atom stereocenters. The van der Waals surface area contributed by atoms with Gasteiger partial charge in [-0.15, -0.1) is 0 Å². The lowest BCUT2D eigenvalue weighted by atomic mass is 10.1. The van der Waals surface area contributed by atoms with Crippen LogP contribution in [0.1, 0.15) is 11.1 Å². The van der Waals surface area contributed by atoms with E-state index in [1.54, 1.807) is 7.11 Å². The molecule has 1 amide bonds. The number of esters is 1. The second kappa shape index (κ2) is 7.82. The van der Waals surface area contributed by atoms with Crippen LogP contribution in [0.3, 0.4) is 0 Å². The Morgan fingerprint density at radius 3 is 2.43 bits per heavy atom. The quantitative estimate of drug-likeness (QED) is 0.821. The fourth-order valence-corrected chi connectivity index (χ4v) is 2.64. The Kier molecular flexibility index (Phi) is 5.81. The third-order valence-corrected chi connectivity index (χ3v) is 3.96. The number of methoxy groups -OCH3 is 2. The summed E-state index contributed by atoms with van der Waals surface area (Å²) in [5.74, 6) is 0.482. The van der Waals surface area contributed by atoms with E-state index in [1.165, 1.54) is 12.0 Å². The van der Waals surface area contributed by atoms with Crippen LogP contribution < -0.4 is 4.74 Å². The third kappa shape index (κ3) is 4.59. The smallest absolute Gasteiger partial charge is 0.407 e. The lowest BCUT2D eigenvalue weighted by molar-refractivity contribution is -0.139. The van der Waals surface area contributed by atoms with Gasteiger partial charge in [0.1, 0.15) is 5.75 Å². The molecule has 1 aromatic carbocycles. The van der Waals surface area contributed by atoms with Gasteiger partial charge in [0, 0.05) is 38.3 Å². The molecular weight excluding hydrogens is 300 g/mol. The number of carbonyl (C=O) groups excluding carboxylic acids is 1. The predicted octanol–water partition coefficient (Wildman–Crippen LogP) is 1.21. The molecule has 1 aliphatic rings. The van der Waals surface area contributed by atoms with Gasteiger partial charge in [0.15, 0.2) is 0 Å². The molecule has 1 aromatic rings. The van der Waals surface area contributed by atoms with Crippen molar-refractivity contribution in [2.45, 2.75) is 13.0 Å². The molecule has 1 N–H and O–H groups in total. The zero-order chi connectivity index (χ0) is 16.8. The Hall–Kier alpha value is -2.28. The second-order valence-electron chi connectivity index (χ2n) is 5.44. The van der Waals surface area contributed by atoms with E-state index in [0.29, 0.717) is 32.7 Å². The minimum atomic E-state index is -0.873. The van der Waals surface area contributed by atoms with E-state index >= 15 is 0 Å². The van der Waals surface area contributed by atoms with Crippen molar-refractivity contribution < 1.29 is 24.2 Å². The fourth-order valence-electron chi connectivity index (χ4n) is 2.64. The molecule has 0 spiro atoms. The van der Waals surface area contributed by atoms with Crippen molar-refractivity contribution in [3.05, 3.63) is 29.3 Å². The number of rotatable bonds is 5. The topological polar surface area (TPSA) is 79.3 Å². The third-order valence-electron chi connectivity index (χ3n) is 3.96. The minimum absolute atomic E-state index is 0.223. The first-order chi connectivity index (χ1) is 11.0. The van der Waals surface area contributed by atoms with Crippen LogP contribution in [0.15, 0.2) is 18.2 Å². The van der Waals surface area contributed by atoms with Gasteiger partial charge in [-0.05, 0) is 11.6 Å². The Balaban J connectivity index is 2.04. The van der Waals surface area contributed by atoms with Crippen LogP contribution in [0.4, 0.5) is 4.79 Å². The molecule has 0 bridgehead atoms. The van der Waals surface area contributed by atoms with Gasteiger partial charge in [0.05, 0.1) is 20.6 Å². The van der Waals surface area contributed by atoms with E-state index in [-0.39, 0.29) is 12.4 Å². The molecular formula is C16H22N2O5. The molecule has 0 radical (unpaired) electrons. The Bertz CT molecular complexity index is 568. The normalized spacial score (nSPS) is 15.3. The minimum Gasteiger partial charge on any atom is -0.496 e. The highest BCUT2D eigenvalue weighted by atomic mass is 16.5. The molecule has 23 heavy (non-hydrogen) atoms. The number of carboxylic acid groups (broad SMARTS) is 1. The van der Waals surface area contributed by atoms with E-state index in [9.17, 15) is 9.59 Å². The van der Waals surface area contributed by atoms with Crippen molar-refractivity contribution in [2.24, 2.45) is 0 Å². The molecule has 0 saturated carbocycles. The molecule has 126 valence electrons. The highest BCUT2D eigenvalue weighted by molar-refractivity contribution is 5.72. The summed E-state index contributed by atoms with van der Waals surface area (Å²) in [6.07, 6.45) is -0.650. The average molecular weight is 322 g/mol. The molecule has 2 rings (SSSR count). The molecule has 1 saturated heterocycles. The SMILES string of the molecule is COC(=O)Cc1ccc(OC)c(CN2CCN(C(=O)O)CC2)c1. The van der Waals surface area contributed by atoms with Crippen LogP contribution in [0.25, 0.3) is 0 Å². The number of ether oxygens (including phenoxy) is 2. The van der Waals surface area contributed by atoms with Crippen LogP contribution in [0, 0.1) is 0 Å². The molecule has 1 fully saturated rings.